The summed E-state index contributed by atoms with van der Waals surface area (Å²) < 4.78 is 10.8. The topological polar surface area (TPSA) is 87.8 Å². The molecule has 1 aliphatic rings. The molecule has 0 radical (unpaired) electrons. The lowest BCUT2D eigenvalue weighted by molar-refractivity contribution is 0.0132. The van der Waals surface area contributed by atoms with Crippen LogP contribution in [-0.4, -0.2) is 73.5 Å². The summed E-state index contributed by atoms with van der Waals surface area (Å²) in [7, 11) is 1.81. The van der Waals surface area contributed by atoms with E-state index in [4.69, 9.17) is 9.26 Å². The number of rotatable bonds is 10. The third kappa shape index (κ3) is 9.61. The van der Waals surface area contributed by atoms with Gasteiger partial charge in [0.05, 0.1) is 13.2 Å². The lowest BCUT2D eigenvalue weighted by Gasteiger charge is -2.35. The van der Waals surface area contributed by atoms with Crippen LogP contribution in [0.3, 0.4) is 0 Å². The van der Waals surface area contributed by atoms with Crippen LogP contribution in [-0.2, 0) is 11.2 Å². The Hall–Kier alpha value is -0.940. The van der Waals surface area contributed by atoms with Crippen LogP contribution in [0.15, 0.2) is 9.52 Å². The van der Waals surface area contributed by atoms with Gasteiger partial charge in [0, 0.05) is 51.6 Å². The molecule has 2 heterocycles. The maximum Gasteiger partial charge on any atom is 0.226 e. The van der Waals surface area contributed by atoms with E-state index < -0.39 is 0 Å². The predicted octanol–water partition coefficient (Wildman–Crippen LogP) is 2.66. The Morgan fingerprint density at radius 2 is 1.90 bits per heavy atom. The monoisotopic (exact) mass is 522 g/mol. The molecule has 0 spiro atoms. The first-order valence-corrected chi connectivity index (χ1v) is 10.6. The molecule has 0 aliphatic carbocycles. The zero-order valence-corrected chi connectivity index (χ0v) is 20.9. The minimum Gasteiger partial charge on any atom is -0.379 e. The molecule has 2 rings (SSSR count). The largest absolute Gasteiger partial charge is 0.379 e. The molecule has 1 atom stereocenters. The van der Waals surface area contributed by atoms with Crippen molar-refractivity contribution in [2.24, 2.45) is 10.9 Å². The molecule has 1 aliphatic heterocycles. The van der Waals surface area contributed by atoms with Crippen molar-refractivity contribution in [3.05, 3.63) is 11.7 Å². The number of aryl methyl sites for hydroxylation is 1. The average molecular weight is 522 g/mol. The first-order valence-electron chi connectivity index (χ1n) is 10.6. The van der Waals surface area contributed by atoms with Gasteiger partial charge in [0.1, 0.15) is 0 Å². The Bertz CT molecular complexity index is 587. The average Bonchev–Trinajstić information content (AvgIpc) is 3.16. The summed E-state index contributed by atoms with van der Waals surface area (Å²) in [5, 5.41) is 10.9. The molecule has 1 aromatic heterocycles. The van der Waals surface area contributed by atoms with Crippen molar-refractivity contribution in [2.75, 3.05) is 46.4 Å². The number of ether oxygens (including phenoxy) is 1. The van der Waals surface area contributed by atoms with Crippen LogP contribution in [0.5, 0.6) is 0 Å². The molecule has 8 nitrogen and oxygen atoms in total. The highest BCUT2D eigenvalue weighted by molar-refractivity contribution is 14.0. The van der Waals surface area contributed by atoms with Crippen molar-refractivity contribution in [1.29, 1.82) is 0 Å². The van der Waals surface area contributed by atoms with Gasteiger partial charge in [-0.15, -0.1) is 24.0 Å². The fraction of sp³-hybridized carbons (Fsp3) is 0.850. The minimum absolute atomic E-state index is 0. The van der Waals surface area contributed by atoms with E-state index in [0.29, 0.717) is 23.8 Å². The van der Waals surface area contributed by atoms with Crippen molar-refractivity contribution in [2.45, 2.75) is 58.9 Å². The molecular weight excluding hydrogens is 483 g/mol. The van der Waals surface area contributed by atoms with Gasteiger partial charge in [-0.2, -0.15) is 4.98 Å². The third-order valence-electron chi connectivity index (χ3n) is 4.89. The minimum atomic E-state index is 0. The van der Waals surface area contributed by atoms with E-state index in [9.17, 15) is 0 Å². The SMILES string of the molecule is CN=C(NCCCc1nc(C(C)C)no1)NCC(CC(C)C)N1CCOCC1.I. The van der Waals surface area contributed by atoms with Crippen molar-refractivity contribution in [1.82, 2.24) is 25.7 Å². The van der Waals surface area contributed by atoms with Crippen molar-refractivity contribution < 1.29 is 9.26 Å². The zero-order valence-electron chi connectivity index (χ0n) is 18.6. The van der Waals surface area contributed by atoms with Crippen molar-refractivity contribution in [3.8, 4) is 0 Å². The number of nitrogens with zero attached hydrogens (tertiary/aromatic N) is 4. The fourth-order valence-corrected chi connectivity index (χ4v) is 3.33. The molecule has 9 heteroatoms. The molecule has 29 heavy (non-hydrogen) atoms. The summed E-state index contributed by atoms with van der Waals surface area (Å²) in [5.74, 6) is 3.28. The van der Waals surface area contributed by atoms with Crippen molar-refractivity contribution >= 4 is 29.9 Å². The number of guanidine groups is 1. The number of hydrogen-bond donors (Lipinski definition) is 2. The number of hydrogen-bond acceptors (Lipinski definition) is 6. The standard InChI is InChI=1S/C20H38N6O2.HI/c1-15(2)13-17(26-9-11-27-12-10-26)14-23-20(21-5)22-8-6-7-18-24-19(16(3)4)25-28-18;/h15-17H,6-14H2,1-5H3,(H2,21,22,23);1H. The fourth-order valence-electron chi connectivity index (χ4n) is 3.33. The van der Waals surface area contributed by atoms with E-state index in [2.05, 4.69) is 58.4 Å². The normalized spacial score (nSPS) is 16.7. The van der Waals surface area contributed by atoms with E-state index in [1.807, 2.05) is 7.05 Å². The summed E-state index contributed by atoms with van der Waals surface area (Å²) in [6.45, 7) is 14.1. The van der Waals surface area contributed by atoms with Gasteiger partial charge in [0.15, 0.2) is 11.8 Å². The Balaban J connectivity index is 0.00000420. The van der Waals surface area contributed by atoms with Gasteiger partial charge in [0.25, 0.3) is 0 Å². The second-order valence-corrected chi connectivity index (χ2v) is 8.12. The first-order chi connectivity index (χ1) is 13.5. The Morgan fingerprint density at radius 1 is 1.17 bits per heavy atom. The molecule has 1 saturated heterocycles. The van der Waals surface area contributed by atoms with Gasteiger partial charge >= 0.3 is 0 Å². The smallest absolute Gasteiger partial charge is 0.226 e. The van der Waals surface area contributed by atoms with Crippen molar-refractivity contribution in [3.63, 3.8) is 0 Å². The Morgan fingerprint density at radius 3 is 2.48 bits per heavy atom. The second kappa shape index (κ2) is 14.1. The van der Waals surface area contributed by atoms with Crippen LogP contribution in [0.4, 0.5) is 0 Å². The van der Waals surface area contributed by atoms with E-state index in [0.717, 1.165) is 64.0 Å². The molecule has 1 aromatic rings. The molecule has 1 fully saturated rings. The molecule has 168 valence electrons. The maximum atomic E-state index is 5.50. The van der Waals surface area contributed by atoms with Gasteiger partial charge in [0.2, 0.25) is 5.89 Å². The lowest BCUT2D eigenvalue weighted by Crippen LogP contribution is -2.51. The quantitative estimate of drug-likeness (QED) is 0.212. The number of aromatic nitrogens is 2. The second-order valence-electron chi connectivity index (χ2n) is 8.12. The summed E-state index contributed by atoms with van der Waals surface area (Å²) in [4.78, 5) is 11.3. The highest BCUT2D eigenvalue weighted by Crippen LogP contribution is 2.13. The van der Waals surface area contributed by atoms with E-state index in [1.54, 1.807) is 0 Å². The predicted molar refractivity (Wildman–Crippen MR) is 127 cm³/mol. The van der Waals surface area contributed by atoms with Crippen LogP contribution in [0, 0.1) is 5.92 Å². The number of nitrogens with one attached hydrogen (secondary N) is 2. The van der Waals surface area contributed by atoms with Crippen LogP contribution < -0.4 is 10.6 Å². The highest BCUT2D eigenvalue weighted by Gasteiger charge is 2.22. The van der Waals surface area contributed by atoms with Gasteiger partial charge < -0.3 is 19.9 Å². The van der Waals surface area contributed by atoms with Crippen LogP contribution in [0.1, 0.15) is 58.2 Å². The van der Waals surface area contributed by atoms with Gasteiger partial charge in [-0.3, -0.25) is 9.89 Å². The molecule has 0 amide bonds. The summed E-state index contributed by atoms with van der Waals surface area (Å²) >= 11 is 0. The molecule has 0 bridgehead atoms. The zero-order chi connectivity index (χ0) is 20.4. The summed E-state index contributed by atoms with van der Waals surface area (Å²) in [6.07, 6.45) is 2.85. The van der Waals surface area contributed by atoms with Gasteiger partial charge in [-0.1, -0.05) is 32.9 Å². The van der Waals surface area contributed by atoms with Crippen LogP contribution >= 0.6 is 24.0 Å². The van der Waals surface area contributed by atoms with E-state index >= 15 is 0 Å². The van der Waals surface area contributed by atoms with Gasteiger partial charge in [-0.25, -0.2) is 0 Å². The first kappa shape index (κ1) is 26.1. The molecule has 1 unspecified atom stereocenters. The van der Waals surface area contributed by atoms with Crippen LogP contribution in [0.25, 0.3) is 0 Å². The molecular formula is C20H39IN6O2. The van der Waals surface area contributed by atoms with Gasteiger partial charge in [-0.05, 0) is 18.8 Å². The third-order valence-corrected chi connectivity index (χ3v) is 4.89. The molecule has 2 N–H and O–H groups in total. The maximum absolute atomic E-state index is 5.50. The van der Waals surface area contributed by atoms with E-state index in [-0.39, 0.29) is 24.0 Å². The Kier molecular flexibility index (Phi) is 12.7. The lowest BCUT2D eigenvalue weighted by atomic mass is 10.0. The number of halogens is 1. The molecule has 0 saturated carbocycles. The summed E-state index contributed by atoms with van der Waals surface area (Å²) in [5.41, 5.74) is 0. The number of aliphatic imine (C=N–C) groups is 1. The van der Waals surface area contributed by atoms with E-state index in [1.165, 1.54) is 6.42 Å². The summed E-state index contributed by atoms with van der Waals surface area (Å²) in [6, 6.07) is 0.496. The van der Waals surface area contributed by atoms with Crippen LogP contribution in [0.2, 0.25) is 0 Å². The highest BCUT2D eigenvalue weighted by atomic mass is 127. The molecule has 0 aromatic carbocycles. The number of morpholine rings is 1. The Labute approximate surface area is 192 Å².